The SMILES string of the molecule is CCCOc1ccc(Br)cc1/C=C/C(=O)N[C@@H](C)C(=O)O. The summed E-state index contributed by atoms with van der Waals surface area (Å²) in [5.41, 5.74) is 0.746. The zero-order valence-corrected chi connectivity index (χ0v) is 13.5. The maximum Gasteiger partial charge on any atom is 0.325 e. The Bertz CT molecular complexity index is 542. The highest BCUT2D eigenvalue weighted by atomic mass is 79.9. The van der Waals surface area contributed by atoms with Crippen molar-refractivity contribution in [2.75, 3.05) is 6.61 Å². The van der Waals surface area contributed by atoms with E-state index in [-0.39, 0.29) is 0 Å². The van der Waals surface area contributed by atoms with Gasteiger partial charge in [0, 0.05) is 16.1 Å². The lowest BCUT2D eigenvalue weighted by atomic mass is 10.2. The third kappa shape index (κ3) is 5.99. The van der Waals surface area contributed by atoms with Gasteiger partial charge in [0.25, 0.3) is 0 Å². The molecule has 0 unspecified atom stereocenters. The number of aliphatic carboxylic acids is 1. The average Bonchev–Trinajstić information content (AvgIpc) is 2.43. The molecule has 0 radical (unpaired) electrons. The lowest BCUT2D eigenvalue weighted by molar-refractivity contribution is -0.140. The van der Waals surface area contributed by atoms with Crippen LogP contribution in [0.2, 0.25) is 0 Å². The summed E-state index contributed by atoms with van der Waals surface area (Å²) < 4.78 is 6.46. The number of carbonyl (C=O) groups is 2. The molecule has 0 bridgehead atoms. The molecule has 1 aromatic carbocycles. The molecule has 0 aliphatic rings. The molecule has 0 fully saturated rings. The Morgan fingerprint density at radius 2 is 2.19 bits per heavy atom. The van der Waals surface area contributed by atoms with Crippen LogP contribution in [0.15, 0.2) is 28.7 Å². The van der Waals surface area contributed by atoms with Gasteiger partial charge in [0.05, 0.1) is 6.61 Å². The minimum absolute atomic E-state index is 0.466. The molecule has 1 amide bonds. The van der Waals surface area contributed by atoms with Gasteiger partial charge >= 0.3 is 5.97 Å². The highest BCUT2D eigenvalue weighted by Crippen LogP contribution is 2.24. The van der Waals surface area contributed by atoms with Crippen LogP contribution >= 0.6 is 15.9 Å². The van der Waals surface area contributed by atoms with Gasteiger partial charge in [-0.25, -0.2) is 0 Å². The van der Waals surface area contributed by atoms with E-state index in [1.165, 1.54) is 13.0 Å². The molecule has 6 heteroatoms. The number of hydrogen-bond acceptors (Lipinski definition) is 3. The third-order valence-electron chi connectivity index (χ3n) is 2.58. The van der Waals surface area contributed by atoms with Crippen molar-refractivity contribution in [1.82, 2.24) is 5.32 Å². The van der Waals surface area contributed by atoms with Crippen molar-refractivity contribution in [2.24, 2.45) is 0 Å². The van der Waals surface area contributed by atoms with Gasteiger partial charge in [-0.3, -0.25) is 9.59 Å². The molecule has 0 saturated heterocycles. The van der Waals surface area contributed by atoms with Gasteiger partial charge in [-0.2, -0.15) is 0 Å². The molecule has 1 atom stereocenters. The number of benzene rings is 1. The molecule has 0 aromatic heterocycles. The first-order chi connectivity index (χ1) is 9.93. The van der Waals surface area contributed by atoms with Crippen LogP contribution in [0.5, 0.6) is 5.75 Å². The Labute approximate surface area is 132 Å². The maximum atomic E-state index is 11.6. The number of amides is 1. The fourth-order valence-corrected chi connectivity index (χ4v) is 1.86. The zero-order valence-electron chi connectivity index (χ0n) is 11.9. The number of rotatable bonds is 7. The molecule has 5 nitrogen and oxygen atoms in total. The van der Waals surface area contributed by atoms with Gasteiger partial charge in [0.15, 0.2) is 0 Å². The predicted molar refractivity (Wildman–Crippen MR) is 84.2 cm³/mol. The van der Waals surface area contributed by atoms with Gasteiger partial charge in [0.1, 0.15) is 11.8 Å². The van der Waals surface area contributed by atoms with Gasteiger partial charge in [0.2, 0.25) is 5.91 Å². The van der Waals surface area contributed by atoms with E-state index in [9.17, 15) is 9.59 Å². The van der Waals surface area contributed by atoms with E-state index in [2.05, 4.69) is 21.2 Å². The molecule has 0 heterocycles. The van der Waals surface area contributed by atoms with E-state index in [1.54, 1.807) is 6.08 Å². The topological polar surface area (TPSA) is 75.6 Å². The van der Waals surface area contributed by atoms with E-state index in [0.29, 0.717) is 12.4 Å². The summed E-state index contributed by atoms with van der Waals surface area (Å²) in [4.78, 5) is 22.3. The fourth-order valence-electron chi connectivity index (χ4n) is 1.48. The van der Waals surface area contributed by atoms with Crippen molar-refractivity contribution >= 4 is 33.9 Å². The lowest BCUT2D eigenvalue weighted by Gasteiger charge is -2.09. The van der Waals surface area contributed by atoms with Gasteiger partial charge in [-0.1, -0.05) is 22.9 Å². The minimum Gasteiger partial charge on any atom is -0.493 e. The highest BCUT2D eigenvalue weighted by molar-refractivity contribution is 9.10. The molecular formula is C15H18BrNO4. The van der Waals surface area contributed by atoms with Crippen molar-refractivity contribution in [3.05, 3.63) is 34.3 Å². The van der Waals surface area contributed by atoms with Gasteiger partial charge in [-0.05, 0) is 37.6 Å². The number of carboxylic acids is 1. The molecule has 1 rings (SSSR count). The standard InChI is InChI=1S/C15H18BrNO4/c1-3-8-21-13-6-5-12(16)9-11(13)4-7-14(18)17-10(2)15(19)20/h4-7,9-10H,3,8H2,1-2H3,(H,17,18)(H,19,20)/b7-4+/t10-/m0/s1. The Hall–Kier alpha value is -1.82. The van der Waals surface area contributed by atoms with Crippen LogP contribution < -0.4 is 10.1 Å². The van der Waals surface area contributed by atoms with Crippen molar-refractivity contribution in [3.63, 3.8) is 0 Å². The van der Waals surface area contributed by atoms with E-state index < -0.39 is 17.9 Å². The molecular weight excluding hydrogens is 338 g/mol. The first-order valence-corrected chi connectivity index (χ1v) is 7.37. The minimum atomic E-state index is -1.08. The number of halogens is 1. The van der Waals surface area contributed by atoms with Crippen LogP contribution in [0.1, 0.15) is 25.8 Å². The first-order valence-electron chi connectivity index (χ1n) is 6.57. The van der Waals surface area contributed by atoms with E-state index in [4.69, 9.17) is 9.84 Å². The van der Waals surface area contributed by atoms with E-state index >= 15 is 0 Å². The highest BCUT2D eigenvalue weighted by Gasteiger charge is 2.12. The molecule has 114 valence electrons. The summed E-state index contributed by atoms with van der Waals surface area (Å²) in [6, 6.07) is 4.57. The van der Waals surface area contributed by atoms with Gasteiger partial charge in [-0.15, -0.1) is 0 Å². The number of ether oxygens (including phenoxy) is 1. The Morgan fingerprint density at radius 3 is 2.81 bits per heavy atom. The summed E-state index contributed by atoms with van der Waals surface area (Å²) >= 11 is 3.36. The summed E-state index contributed by atoms with van der Waals surface area (Å²) in [6.45, 7) is 4.00. The Morgan fingerprint density at radius 1 is 1.48 bits per heavy atom. The molecule has 0 saturated carbocycles. The lowest BCUT2D eigenvalue weighted by Crippen LogP contribution is -2.37. The Balaban J connectivity index is 2.80. The quantitative estimate of drug-likeness (QED) is 0.737. The van der Waals surface area contributed by atoms with Crippen molar-refractivity contribution in [1.29, 1.82) is 0 Å². The van der Waals surface area contributed by atoms with E-state index in [1.807, 2.05) is 25.1 Å². The van der Waals surface area contributed by atoms with Crippen LogP contribution in [0.4, 0.5) is 0 Å². The normalized spacial score (nSPS) is 12.1. The van der Waals surface area contributed by atoms with Gasteiger partial charge < -0.3 is 15.2 Å². The molecule has 2 N–H and O–H groups in total. The number of carboxylic acid groups (broad SMARTS) is 1. The summed E-state index contributed by atoms with van der Waals surface area (Å²) in [5.74, 6) is -0.868. The van der Waals surface area contributed by atoms with Crippen molar-refractivity contribution < 1.29 is 19.4 Å². The summed E-state index contributed by atoms with van der Waals surface area (Å²) in [7, 11) is 0. The van der Waals surface area contributed by atoms with Crippen molar-refractivity contribution in [3.8, 4) is 5.75 Å². The number of carbonyl (C=O) groups excluding carboxylic acids is 1. The average molecular weight is 356 g/mol. The molecule has 0 aliphatic carbocycles. The van der Waals surface area contributed by atoms with E-state index in [0.717, 1.165) is 16.5 Å². The van der Waals surface area contributed by atoms with Crippen LogP contribution in [0.25, 0.3) is 6.08 Å². The first kappa shape index (κ1) is 17.2. The van der Waals surface area contributed by atoms with Crippen LogP contribution in [0.3, 0.4) is 0 Å². The molecule has 21 heavy (non-hydrogen) atoms. The van der Waals surface area contributed by atoms with Crippen molar-refractivity contribution in [2.45, 2.75) is 26.3 Å². The smallest absolute Gasteiger partial charge is 0.325 e. The maximum absolute atomic E-state index is 11.6. The zero-order chi connectivity index (χ0) is 15.8. The third-order valence-corrected chi connectivity index (χ3v) is 3.07. The second-order valence-electron chi connectivity index (χ2n) is 4.43. The summed E-state index contributed by atoms with van der Waals surface area (Å²) in [5, 5.41) is 11.1. The molecule has 1 aromatic rings. The Kier molecular flexibility index (Phi) is 6.94. The number of nitrogens with one attached hydrogen (secondary N) is 1. The van der Waals surface area contributed by atoms with Crippen LogP contribution in [0, 0.1) is 0 Å². The monoisotopic (exact) mass is 355 g/mol. The summed E-state index contributed by atoms with van der Waals surface area (Å²) in [6.07, 6.45) is 3.77. The second-order valence-corrected chi connectivity index (χ2v) is 5.35. The largest absolute Gasteiger partial charge is 0.493 e. The second kappa shape index (κ2) is 8.46. The fraction of sp³-hybridized carbons (Fsp3) is 0.333. The molecule has 0 spiro atoms. The predicted octanol–water partition coefficient (Wildman–Crippen LogP) is 2.84. The number of hydrogen-bond donors (Lipinski definition) is 2. The van der Waals surface area contributed by atoms with Crippen LogP contribution in [-0.4, -0.2) is 29.6 Å². The van der Waals surface area contributed by atoms with Crippen LogP contribution in [-0.2, 0) is 9.59 Å². The molecule has 0 aliphatic heterocycles.